The maximum absolute atomic E-state index is 12.1. The molecule has 2 rings (SSSR count). The molecule has 1 atom stereocenters. The summed E-state index contributed by atoms with van der Waals surface area (Å²) in [4.78, 5) is 12.1. The Kier molecular flexibility index (Phi) is 4.02. The van der Waals surface area contributed by atoms with Crippen molar-refractivity contribution in [2.75, 3.05) is 6.54 Å². The topological polar surface area (TPSA) is 55.1 Å². The van der Waals surface area contributed by atoms with Gasteiger partial charge in [0.2, 0.25) is 5.91 Å². The average molecular weight is 246 g/mol. The number of benzene rings is 1. The van der Waals surface area contributed by atoms with Crippen molar-refractivity contribution in [3.8, 4) is 0 Å². The van der Waals surface area contributed by atoms with Crippen LogP contribution < -0.4 is 11.1 Å². The molecule has 1 aromatic rings. The summed E-state index contributed by atoms with van der Waals surface area (Å²) in [5.41, 5.74) is 7.41. The molecule has 1 aliphatic carbocycles. The SMILES string of the molecule is CCCNC1(C(N)=O)CCCCc2ccccc21. The number of aryl methyl sites for hydroxylation is 1. The molecule has 0 fully saturated rings. The first-order chi connectivity index (χ1) is 8.70. The fourth-order valence-corrected chi connectivity index (χ4v) is 2.86. The normalized spacial score (nSPS) is 23.2. The molecule has 0 saturated carbocycles. The third-order valence-corrected chi connectivity index (χ3v) is 3.82. The Balaban J connectivity index is 2.47. The number of hydrogen-bond donors (Lipinski definition) is 2. The summed E-state index contributed by atoms with van der Waals surface area (Å²) in [6, 6.07) is 8.20. The Morgan fingerprint density at radius 2 is 2.17 bits per heavy atom. The fraction of sp³-hybridized carbons (Fsp3) is 0.533. The number of nitrogens with two attached hydrogens (primary N) is 1. The van der Waals surface area contributed by atoms with Gasteiger partial charge in [-0.3, -0.25) is 10.1 Å². The molecule has 18 heavy (non-hydrogen) atoms. The number of carbonyl (C=O) groups is 1. The third kappa shape index (κ3) is 2.27. The summed E-state index contributed by atoms with van der Waals surface area (Å²) in [6.07, 6.45) is 5.00. The van der Waals surface area contributed by atoms with Crippen LogP contribution in [0.3, 0.4) is 0 Å². The van der Waals surface area contributed by atoms with Gasteiger partial charge >= 0.3 is 0 Å². The van der Waals surface area contributed by atoms with Gasteiger partial charge in [0.1, 0.15) is 5.54 Å². The van der Waals surface area contributed by atoms with Gasteiger partial charge in [-0.15, -0.1) is 0 Å². The highest BCUT2D eigenvalue weighted by Gasteiger charge is 2.39. The van der Waals surface area contributed by atoms with Crippen LogP contribution in [0.4, 0.5) is 0 Å². The Bertz CT molecular complexity index is 430. The van der Waals surface area contributed by atoms with Gasteiger partial charge in [0, 0.05) is 0 Å². The summed E-state index contributed by atoms with van der Waals surface area (Å²) in [7, 11) is 0. The summed E-state index contributed by atoms with van der Waals surface area (Å²) in [5, 5.41) is 3.41. The van der Waals surface area contributed by atoms with Crippen LogP contribution >= 0.6 is 0 Å². The largest absolute Gasteiger partial charge is 0.368 e. The molecule has 1 aromatic carbocycles. The van der Waals surface area contributed by atoms with Crippen molar-refractivity contribution in [2.45, 2.75) is 44.6 Å². The molecule has 1 aliphatic rings. The lowest BCUT2D eigenvalue weighted by atomic mass is 9.83. The van der Waals surface area contributed by atoms with Crippen LogP contribution in [0.5, 0.6) is 0 Å². The van der Waals surface area contributed by atoms with Crippen molar-refractivity contribution >= 4 is 5.91 Å². The lowest BCUT2D eigenvalue weighted by Crippen LogP contribution is -2.53. The molecular weight excluding hydrogens is 224 g/mol. The molecule has 0 radical (unpaired) electrons. The smallest absolute Gasteiger partial charge is 0.242 e. The van der Waals surface area contributed by atoms with Gasteiger partial charge < -0.3 is 5.73 Å². The van der Waals surface area contributed by atoms with Crippen molar-refractivity contribution < 1.29 is 4.79 Å². The van der Waals surface area contributed by atoms with Crippen molar-refractivity contribution in [1.29, 1.82) is 0 Å². The van der Waals surface area contributed by atoms with E-state index in [-0.39, 0.29) is 5.91 Å². The van der Waals surface area contributed by atoms with E-state index in [1.807, 2.05) is 18.2 Å². The lowest BCUT2D eigenvalue weighted by Gasteiger charge is -2.32. The molecule has 3 N–H and O–H groups in total. The summed E-state index contributed by atoms with van der Waals surface area (Å²) < 4.78 is 0. The highest BCUT2D eigenvalue weighted by molar-refractivity contribution is 5.86. The summed E-state index contributed by atoms with van der Waals surface area (Å²) in [6.45, 7) is 2.92. The van der Waals surface area contributed by atoms with Crippen molar-refractivity contribution in [3.63, 3.8) is 0 Å². The number of hydrogen-bond acceptors (Lipinski definition) is 2. The fourth-order valence-electron chi connectivity index (χ4n) is 2.86. The van der Waals surface area contributed by atoms with Crippen LogP contribution in [0.1, 0.15) is 43.7 Å². The maximum Gasteiger partial charge on any atom is 0.242 e. The monoisotopic (exact) mass is 246 g/mol. The molecule has 0 aliphatic heterocycles. The summed E-state index contributed by atoms with van der Waals surface area (Å²) >= 11 is 0. The van der Waals surface area contributed by atoms with Crippen molar-refractivity contribution in [3.05, 3.63) is 35.4 Å². The van der Waals surface area contributed by atoms with Gasteiger partial charge in [0.25, 0.3) is 0 Å². The quantitative estimate of drug-likeness (QED) is 0.799. The van der Waals surface area contributed by atoms with Crippen molar-refractivity contribution in [1.82, 2.24) is 5.32 Å². The predicted octanol–water partition coefficient (Wildman–Crippen LogP) is 2.09. The maximum atomic E-state index is 12.1. The predicted molar refractivity (Wildman–Crippen MR) is 73.2 cm³/mol. The minimum Gasteiger partial charge on any atom is -0.368 e. The first-order valence-electron chi connectivity index (χ1n) is 6.84. The van der Waals surface area contributed by atoms with E-state index < -0.39 is 5.54 Å². The molecule has 0 heterocycles. The van der Waals surface area contributed by atoms with E-state index in [2.05, 4.69) is 18.3 Å². The van der Waals surface area contributed by atoms with Gasteiger partial charge in [-0.1, -0.05) is 37.6 Å². The number of rotatable bonds is 4. The minimum atomic E-state index is -0.664. The molecule has 0 aromatic heterocycles. The number of primary amides is 1. The van der Waals surface area contributed by atoms with E-state index in [1.165, 1.54) is 5.56 Å². The molecule has 1 unspecified atom stereocenters. The average Bonchev–Trinajstić information content (AvgIpc) is 2.57. The van der Waals surface area contributed by atoms with Crippen LogP contribution in [-0.4, -0.2) is 12.5 Å². The second-order valence-electron chi connectivity index (χ2n) is 5.06. The molecule has 98 valence electrons. The Hall–Kier alpha value is -1.35. The number of nitrogens with one attached hydrogen (secondary N) is 1. The van der Waals surface area contributed by atoms with Crippen molar-refractivity contribution in [2.24, 2.45) is 5.73 Å². The van der Waals surface area contributed by atoms with Crippen LogP contribution in [0, 0.1) is 0 Å². The zero-order chi connectivity index (χ0) is 13.0. The minimum absolute atomic E-state index is 0.245. The Labute approximate surface area is 109 Å². The molecule has 0 spiro atoms. The second-order valence-corrected chi connectivity index (χ2v) is 5.06. The van der Waals surface area contributed by atoms with Gasteiger partial charge in [0.05, 0.1) is 0 Å². The van der Waals surface area contributed by atoms with E-state index in [0.29, 0.717) is 0 Å². The Morgan fingerprint density at radius 3 is 2.89 bits per heavy atom. The number of carbonyl (C=O) groups excluding carboxylic acids is 1. The van der Waals surface area contributed by atoms with E-state index in [9.17, 15) is 4.79 Å². The Morgan fingerprint density at radius 1 is 1.39 bits per heavy atom. The van der Waals surface area contributed by atoms with Crippen LogP contribution in [0.2, 0.25) is 0 Å². The molecule has 1 amide bonds. The molecule has 3 heteroatoms. The van der Waals surface area contributed by atoms with E-state index in [0.717, 1.165) is 44.2 Å². The zero-order valence-electron chi connectivity index (χ0n) is 11.0. The van der Waals surface area contributed by atoms with Gasteiger partial charge in [-0.2, -0.15) is 0 Å². The lowest BCUT2D eigenvalue weighted by molar-refractivity contribution is -0.125. The molecule has 0 bridgehead atoms. The van der Waals surface area contributed by atoms with Gasteiger partial charge in [-0.05, 0) is 43.4 Å². The van der Waals surface area contributed by atoms with Gasteiger partial charge in [-0.25, -0.2) is 0 Å². The second kappa shape index (κ2) is 5.53. The first-order valence-corrected chi connectivity index (χ1v) is 6.84. The standard InChI is InChI=1S/C15H22N2O/c1-2-11-17-15(14(16)18)10-6-5-8-12-7-3-4-9-13(12)15/h3-4,7,9,17H,2,5-6,8,10-11H2,1H3,(H2,16,18). The van der Waals surface area contributed by atoms with Crippen LogP contribution in [0.15, 0.2) is 24.3 Å². The van der Waals surface area contributed by atoms with E-state index in [4.69, 9.17) is 5.73 Å². The summed E-state index contributed by atoms with van der Waals surface area (Å²) in [5.74, 6) is -0.245. The van der Waals surface area contributed by atoms with Crippen LogP contribution in [0.25, 0.3) is 0 Å². The first kappa shape index (κ1) is 13.1. The molecule has 3 nitrogen and oxygen atoms in total. The molecular formula is C15H22N2O. The van der Waals surface area contributed by atoms with E-state index >= 15 is 0 Å². The number of amides is 1. The zero-order valence-corrected chi connectivity index (χ0v) is 11.0. The van der Waals surface area contributed by atoms with Gasteiger partial charge in [0.15, 0.2) is 0 Å². The van der Waals surface area contributed by atoms with Crippen LogP contribution in [-0.2, 0) is 16.8 Å². The highest BCUT2D eigenvalue weighted by Crippen LogP contribution is 2.34. The third-order valence-electron chi connectivity index (χ3n) is 3.82. The van der Waals surface area contributed by atoms with E-state index in [1.54, 1.807) is 0 Å². The highest BCUT2D eigenvalue weighted by atomic mass is 16.1. The molecule has 0 saturated heterocycles. The number of fused-ring (bicyclic) bond motifs is 1.